The second-order valence-electron chi connectivity index (χ2n) is 11.6. The first-order valence-electron chi connectivity index (χ1n) is 14.3. The molecule has 0 N–H and O–H groups in total. The van der Waals surface area contributed by atoms with E-state index in [-0.39, 0.29) is 0 Å². The van der Waals surface area contributed by atoms with Crippen LogP contribution in [0.5, 0.6) is 11.5 Å². The Balaban J connectivity index is 1.51. The van der Waals surface area contributed by atoms with Crippen molar-refractivity contribution < 1.29 is 13.9 Å². The number of imidazole rings is 1. The van der Waals surface area contributed by atoms with Crippen molar-refractivity contribution in [2.45, 2.75) is 43.7 Å². The summed E-state index contributed by atoms with van der Waals surface area (Å²) in [7, 11) is 0. The van der Waals surface area contributed by atoms with Crippen LogP contribution in [-0.2, 0) is 5.54 Å². The van der Waals surface area contributed by atoms with Crippen molar-refractivity contribution in [2.75, 3.05) is 0 Å². The number of nitrogens with zero attached hydrogens (tertiary/aromatic N) is 3. The van der Waals surface area contributed by atoms with Gasteiger partial charge in [-0.25, -0.2) is 4.57 Å². The molecule has 4 aromatic carbocycles. The number of fused-ring (bicyclic) bond motifs is 9. The Morgan fingerprint density at radius 2 is 1.64 bits per heavy atom. The molecule has 2 aromatic heterocycles. The molecular weight excluding hydrogens is 478 g/mol. The fourth-order valence-electron chi connectivity index (χ4n) is 8.40. The van der Waals surface area contributed by atoms with Crippen molar-refractivity contribution in [2.24, 2.45) is 0 Å². The molecule has 3 aliphatic heterocycles. The fourth-order valence-corrected chi connectivity index (χ4v) is 8.40. The Labute approximate surface area is 226 Å². The first-order valence-corrected chi connectivity index (χ1v) is 14.3. The highest BCUT2D eigenvalue weighted by atomic mass is 16.5. The summed E-state index contributed by atoms with van der Waals surface area (Å²) in [6.45, 7) is 0. The molecule has 1 aliphatic carbocycles. The summed E-state index contributed by atoms with van der Waals surface area (Å²) in [4.78, 5) is 0. The lowest BCUT2D eigenvalue weighted by Crippen LogP contribution is -2.58. The van der Waals surface area contributed by atoms with Crippen LogP contribution in [0.15, 0.2) is 97.2 Å². The molecule has 6 aromatic rings. The lowest BCUT2D eigenvalue weighted by Gasteiger charge is -2.25. The maximum atomic E-state index is 6.81. The highest BCUT2D eigenvalue weighted by molar-refractivity contribution is 5.96. The number of benzene rings is 4. The van der Waals surface area contributed by atoms with Gasteiger partial charge in [0.1, 0.15) is 6.04 Å². The summed E-state index contributed by atoms with van der Waals surface area (Å²) in [5.74, 6) is 3.27. The molecule has 4 nitrogen and oxygen atoms in total. The number of ether oxygens (including phenoxy) is 1. The van der Waals surface area contributed by atoms with Gasteiger partial charge in [0.05, 0.1) is 16.7 Å². The van der Waals surface area contributed by atoms with Gasteiger partial charge >= 0.3 is 11.4 Å². The summed E-state index contributed by atoms with van der Waals surface area (Å²) < 4.78 is 14.7. The first kappa shape index (κ1) is 20.5. The fraction of sp³-hybridized carbons (Fsp3) is 0.200. The van der Waals surface area contributed by atoms with Crippen LogP contribution in [0.2, 0.25) is 0 Å². The molecule has 1 atom stereocenters. The van der Waals surface area contributed by atoms with E-state index >= 15 is 0 Å². The number of pyridine rings is 1. The van der Waals surface area contributed by atoms with Crippen LogP contribution in [0, 0.1) is 0 Å². The number of hydrogen-bond acceptors (Lipinski definition) is 1. The topological polar surface area (TPSA) is 21.9 Å². The molecule has 186 valence electrons. The normalized spacial score (nSPS) is 20.0. The lowest BCUT2D eigenvalue weighted by atomic mass is 9.80. The highest BCUT2D eigenvalue weighted by Crippen LogP contribution is 2.57. The third-order valence-corrected chi connectivity index (χ3v) is 9.77. The molecule has 39 heavy (non-hydrogen) atoms. The minimum Gasteiger partial charge on any atom is -0.448 e. The maximum Gasteiger partial charge on any atom is 0.347 e. The van der Waals surface area contributed by atoms with Gasteiger partial charge in [-0.3, -0.25) is 0 Å². The van der Waals surface area contributed by atoms with Gasteiger partial charge in [0.15, 0.2) is 28.9 Å². The predicted molar refractivity (Wildman–Crippen MR) is 151 cm³/mol. The molecule has 5 heterocycles. The lowest BCUT2D eigenvalue weighted by molar-refractivity contribution is -0.733. The summed E-state index contributed by atoms with van der Waals surface area (Å²) in [6, 6.07) is 34.0. The Morgan fingerprint density at radius 1 is 0.795 bits per heavy atom. The molecule has 0 amide bonds. The van der Waals surface area contributed by atoms with Crippen molar-refractivity contribution in [3.05, 3.63) is 114 Å². The van der Waals surface area contributed by atoms with Crippen molar-refractivity contribution in [3.63, 3.8) is 0 Å². The summed E-state index contributed by atoms with van der Waals surface area (Å²) in [6.07, 6.45) is 8.65. The summed E-state index contributed by atoms with van der Waals surface area (Å²) in [5, 5.41) is 2.52. The summed E-state index contributed by atoms with van der Waals surface area (Å²) >= 11 is 0. The van der Waals surface area contributed by atoms with E-state index in [1.807, 2.05) is 0 Å². The third kappa shape index (κ3) is 2.23. The molecule has 4 aliphatic rings. The van der Waals surface area contributed by atoms with Gasteiger partial charge in [-0.05, 0) is 66.8 Å². The standard InChI is InChI=1S/C35H27N3O/c1-2-12-23(13-3-1)37-28-18-10-19-29-32(28)38-33-30(39-29)21-22-11-4-5-14-24(22)31(33)35(34(37)38)26-16-7-6-15-25(26)27-17-8-9-20-36(27)35/h4-11,14-21,23H,1-3,12-13H2/q+2. The number of hydrogen-bond donors (Lipinski definition) is 0. The highest BCUT2D eigenvalue weighted by Gasteiger charge is 2.69. The predicted octanol–water partition coefficient (Wildman–Crippen LogP) is 7.10. The van der Waals surface area contributed by atoms with Crippen LogP contribution in [0.1, 0.15) is 55.1 Å². The summed E-state index contributed by atoms with van der Waals surface area (Å²) in [5.41, 5.74) is 8.49. The Hall–Kier alpha value is -4.44. The van der Waals surface area contributed by atoms with Gasteiger partial charge in [0.2, 0.25) is 11.2 Å². The van der Waals surface area contributed by atoms with E-state index in [9.17, 15) is 0 Å². The second-order valence-corrected chi connectivity index (χ2v) is 11.6. The number of para-hydroxylation sites is 1. The third-order valence-electron chi connectivity index (χ3n) is 9.77. The molecule has 1 fully saturated rings. The number of aromatic nitrogens is 3. The quantitative estimate of drug-likeness (QED) is 0.218. The van der Waals surface area contributed by atoms with Gasteiger partial charge < -0.3 is 4.74 Å². The van der Waals surface area contributed by atoms with Crippen LogP contribution in [0.3, 0.4) is 0 Å². The van der Waals surface area contributed by atoms with Crippen LogP contribution in [0.25, 0.3) is 38.8 Å². The molecular formula is C35H27N3O+2. The van der Waals surface area contributed by atoms with E-state index in [1.54, 1.807) is 0 Å². The average Bonchev–Trinajstić information content (AvgIpc) is 3.60. The van der Waals surface area contributed by atoms with Gasteiger partial charge in [0.25, 0.3) is 0 Å². The van der Waals surface area contributed by atoms with Crippen molar-refractivity contribution in [3.8, 4) is 28.4 Å². The average molecular weight is 506 g/mol. The van der Waals surface area contributed by atoms with Gasteiger partial charge in [0, 0.05) is 12.1 Å². The van der Waals surface area contributed by atoms with E-state index in [4.69, 9.17) is 4.74 Å². The zero-order valence-electron chi connectivity index (χ0n) is 21.6. The van der Waals surface area contributed by atoms with Crippen molar-refractivity contribution in [1.29, 1.82) is 0 Å². The molecule has 1 spiro atoms. The molecule has 4 heteroatoms. The second kappa shape index (κ2) is 6.95. The molecule has 10 rings (SSSR count). The van der Waals surface area contributed by atoms with Crippen LogP contribution < -0.4 is 13.9 Å². The van der Waals surface area contributed by atoms with E-state index < -0.39 is 5.54 Å². The van der Waals surface area contributed by atoms with Crippen LogP contribution in [0.4, 0.5) is 0 Å². The first-order chi connectivity index (χ1) is 19.4. The van der Waals surface area contributed by atoms with E-state index in [0.717, 1.165) is 11.5 Å². The minimum atomic E-state index is -0.500. The molecule has 0 radical (unpaired) electrons. The van der Waals surface area contributed by atoms with E-state index in [0.29, 0.717) is 6.04 Å². The smallest absolute Gasteiger partial charge is 0.347 e. The van der Waals surface area contributed by atoms with Crippen LogP contribution >= 0.6 is 0 Å². The zero-order chi connectivity index (χ0) is 25.3. The number of rotatable bonds is 1. The molecule has 0 saturated heterocycles. The molecule has 1 saturated carbocycles. The Kier molecular flexibility index (Phi) is 3.65. The van der Waals surface area contributed by atoms with Crippen molar-refractivity contribution >= 4 is 21.8 Å². The molecule has 0 bridgehead atoms. The molecule has 1 unspecified atom stereocenters. The van der Waals surface area contributed by atoms with E-state index in [2.05, 4.69) is 111 Å². The Morgan fingerprint density at radius 3 is 2.59 bits per heavy atom. The van der Waals surface area contributed by atoms with Gasteiger partial charge in [-0.1, -0.05) is 55.0 Å². The Bertz CT molecular complexity index is 2000. The SMILES string of the molecule is c1ccc2c(c1)-c1cccc[n+]1C21c2c3c(cc4ccccc24)Oc2cccc4c2[n+]-3c1n4C1CCCCC1. The maximum absolute atomic E-state index is 6.81. The van der Waals surface area contributed by atoms with E-state index in [1.165, 1.54) is 87.8 Å². The zero-order valence-corrected chi connectivity index (χ0v) is 21.6. The monoisotopic (exact) mass is 505 g/mol. The van der Waals surface area contributed by atoms with Gasteiger partial charge in [-0.2, -0.15) is 9.13 Å². The van der Waals surface area contributed by atoms with Crippen molar-refractivity contribution in [1.82, 2.24) is 4.57 Å². The minimum absolute atomic E-state index is 0.465. The largest absolute Gasteiger partial charge is 0.448 e. The van der Waals surface area contributed by atoms with Gasteiger partial charge in [-0.15, -0.1) is 0 Å². The van der Waals surface area contributed by atoms with Crippen LogP contribution in [-0.4, -0.2) is 4.57 Å².